The van der Waals surface area contributed by atoms with Crippen LogP contribution >= 0.6 is 11.3 Å². The molecule has 2 aromatic heterocycles. The number of hydrogen-bond acceptors (Lipinski definition) is 5. The summed E-state index contributed by atoms with van der Waals surface area (Å²) in [5.41, 5.74) is 0. The van der Waals surface area contributed by atoms with Crippen LogP contribution in [0.4, 0.5) is 5.82 Å². The number of aromatic nitrogens is 2. The molecule has 0 fully saturated rings. The number of nitrogens with one attached hydrogen (secondary N) is 1. The molecule has 0 spiro atoms. The topological polar surface area (TPSA) is 58.0 Å². The lowest BCUT2D eigenvalue weighted by molar-refractivity contribution is 0.208. The second-order valence-corrected chi connectivity index (χ2v) is 4.76. The van der Waals surface area contributed by atoms with Gasteiger partial charge in [-0.3, -0.25) is 0 Å². The van der Waals surface area contributed by atoms with Crippen molar-refractivity contribution in [1.82, 2.24) is 9.97 Å². The summed E-state index contributed by atoms with van der Waals surface area (Å²) < 4.78 is 0. The van der Waals surface area contributed by atoms with Gasteiger partial charge in [0, 0.05) is 11.4 Å². The van der Waals surface area contributed by atoms with Crippen molar-refractivity contribution in [3.8, 4) is 0 Å². The monoisotopic (exact) mass is 223 g/mol. The Balaban J connectivity index is 2.33. The third kappa shape index (κ3) is 2.24. The van der Waals surface area contributed by atoms with Gasteiger partial charge in [-0.15, -0.1) is 11.3 Å². The zero-order valence-corrected chi connectivity index (χ0v) is 9.51. The fourth-order valence-corrected chi connectivity index (χ4v) is 2.21. The number of hydrogen-bond donors (Lipinski definition) is 2. The molecule has 2 heterocycles. The number of rotatable bonds is 3. The van der Waals surface area contributed by atoms with E-state index in [2.05, 4.69) is 21.4 Å². The second kappa shape index (κ2) is 4.12. The molecule has 2 aromatic rings. The van der Waals surface area contributed by atoms with Gasteiger partial charge >= 0.3 is 0 Å². The average Bonchev–Trinajstić information content (AvgIpc) is 2.55. The van der Waals surface area contributed by atoms with Crippen molar-refractivity contribution < 1.29 is 5.11 Å². The molecule has 5 heteroatoms. The molecular formula is C10H13N3OS. The number of anilines is 1. The van der Waals surface area contributed by atoms with Crippen LogP contribution < -0.4 is 5.32 Å². The van der Waals surface area contributed by atoms with Crippen molar-refractivity contribution in [2.24, 2.45) is 0 Å². The van der Waals surface area contributed by atoms with Crippen LogP contribution in [0.15, 0.2) is 12.4 Å². The van der Waals surface area contributed by atoms with E-state index in [-0.39, 0.29) is 6.10 Å². The summed E-state index contributed by atoms with van der Waals surface area (Å²) in [5, 5.41) is 13.3. The number of aliphatic hydroxyl groups excluding tert-OH is 1. The lowest BCUT2D eigenvalue weighted by Gasteiger charge is -2.07. The Kier molecular flexibility index (Phi) is 2.83. The summed E-state index contributed by atoms with van der Waals surface area (Å²) in [5.74, 6) is 0.797. The molecular weight excluding hydrogens is 210 g/mol. The van der Waals surface area contributed by atoms with Gasteiger partial charge in [-0.1, -0.05) is 0 Å². The van der Waals surface area contributed by atoms with Crippen LogP contribution in [0.25, 0.3) is 10.2 Å². The zero-order valence-electron chi connectivity index (χ0n) is 8.69. The first-order valence-electron chi connectivity index (χ1n) is 4.80. The molecule has 0 aliphatic rings. The van der Waals surface area contributed by atoms with Gasteiger partial charge in [0.2, 0.25) is 0 Å². The van der Waals surface area contributed by atoms with Gasteiger partial charge in [0.1, 0.15) is 17.0 Å². The standard InChI is InChI=1S/C10H13N3OS/c1-6(14)4-11-9-8-3-7(2)15-10(8)13-5-12-9/h3,5-6,14H,4H2,1-2H3,(H,11,12,13)/t6-/m1/s1. The van der Waals surface area contributed by atoms with E-state index in [4.69, 9.17) is 0 Å². The van der Waals surface area contributed by atoms with Crippen molar-refractivity contribution in [3.63, 3.8) is 0 Å². The summed E-state index contributed by atoms with van der Waals surface area (Å²) in [7, 11) is 0. The van der Waals surface area contributed by atoms with E-state index in [0.29, 0.717) is 6.54 Å². The number of nitrogens with zero attached hydrogens (tertiary/aromatic N) is 2. The number of aliphatic hydroxyl groups is 1. The van der Waals surface area contributed by atoms with Crippen molar-refractivity contribution >= 4 is 27.4 Å². The van der Waals surface area contributed by atoms with Crippen LogP contribution in [0.1, 0.15) is 11.8 Å². The number of fused-ring (bicyclic) bond motifs is 1. The third-order valence-corrected chi connectivity index (χ3v) is 2.98. The maximum atomic E-state index is 9.19. The molecule has 0 aliphatic carbocycles. The molecule has 0 aliphatic heterocycles. The highest BCUT2D eigenvalue weighted by molar-refractivity contribution is 7.18. The number of thiophene rings is 1. The molecule has 0 saturated carbocycles. The van der Waals surface area contributed by atoms with E-state index in [0.717, 1.165) is 16.0 Å². The summed E-state index contributed by atoms with van der Waals surface area (Å²) >= 11 is 1.65. The van der Waals surface area contributed by atoms with E-state index >= 15 is 0 Å². The lowest BCUT2D eigenvalue weighted by Crippen LogP contribution is -2.16. The highest BCUT2D eigenvalue weighted by Gasteiger charge is 2.06. The van der Waals surface area contributed by atoms with E-state index in [9.17, 15) is 5.11 Å². The lowest BCUT2D eigenvalue weighted by atomic mass is 10.3. The zero-order chi connectivity index (χ0) is 10.8. The second-order valence-electron chi connectivity index (χ2n) is 3.53. The van der Waals surface area contributed by atoms with Crippen LogP contribution in [0.5, 0.6) is 0 Å². The Morgan fingerprint density at radius 2 is 2.33 bits per heavy atom. The highest BCUT2D eigenvalue weighted by atomic mass is 32.1. The van der Waals surface area contributed by atoms with Crippen LogP contribution in [0.3, 0.4) is 0 Å². The predicted molar refractivity (Wildman–Crippen MR) is 62.3 cm³/mol. The first kappa shape index (κ1) is 10.3. The minimum Gasteiger partial charge on any atom is -0.392 e. The Morgan fingerprint density at radius 1 is 1.53 bits per heavy atom. The molecule has 0 saturated heterocycles. The predicted octanol–water partition coefficient (Wildman–Crippen LogP) is 1.79. The molecule has 0 amide bonds. The number of aryl methyl sites for hydroxylation is 1. The summed E-state index contributed by atoms with van der Waals surface area (Å²) in [6, 6.07) is 2.06. The Hall–Kier alpha value is -1.20. The van der Waals surface area contributed by atoms with Crippen molar-refractivity contribution in [2.75, 3.05) is 11.9 Å². The summed E-state index contributed by atoms with van der Waals surface area (Å²) in [6.07, 6.45) is 1.16. The van der Waals surface area contributed by atoms with Crippen LogP contribution in [0.2, 0.25) is 0 Å². The first-order chi connectivity index (χ1) is 7.16. The Bertz CT molecular complexity index is 467. The van der Waals surface area contributed by atoms with Crippen molar-refractivity contribution in [2.45, 2.75) is 20.0 Å². The largest absolute Gasteiger partial charge is 0.392 e. The minimum absolute atomic E-state index is 0.380. The third-order valence-electron chi connectivity index (χ3n) is 2.02. The fraction of sp³-hybridized carbons (Fsp3) is 0.400. The van der Waals surface area contributed by atoms with E-state index in [1.54, 1.807) is 24.6 Å². The summed E-state index contributed by atoms with van der Waals surface area (Å²) in [6.45, 7) is 4.29. The van der Waals surface area contributed by atoms with Gasteiger partial charge in [0.05, 0.1) is 11.5 Å². The van der Waals surface area contributed by atoms with Crippen LogP contribution in [0, 0.1) is 6.92 Å². The Morgan fingerprint density at radius 3 is 3.07 bits per heavy atom. The molecule has 4 nitrogen and oxygen atoms in total. The average molecular weight is 223 g/mol. The SMILES string of the molecule is Cc1cc2c(NC[C@@H](C)O)ncnc2s1. The minimum atomic E-state index is -0.380. The molecule has 0 unspecified atom stereocenters. The van der Waals surface area contributed by atoms with E-state index < -0.39 is 0 Å². The Labute approximate surface area is 92.0 Å². The quantitative estimate of drug-likeness (QED) is 0.833. The molecule has 2 rings (SSSR count). The molecule has 1 atom stereocenters. The molecule has 2 N–H and O–H groups in total. The van der Waals surface area contributed by atoms with Gasteiger partial charge in [0.15, 0.2) is 0 Å². The molecule has 15 heavy (non-hydrogen) atoms. The fourth-order valence-electron chi connectivity index (χ4n) is 1.36. The van der Waals surface area contributed by atoms with Crippen LogP contribution in [-0.2, 0) is 0 Å². The van der Waals surface area contributed by atoms with Gasteiger partial charge in [0.25, 0.3) is 0 Å². The van der Waals surface area contributed by atoms with Crippen LogP contribution in [-0.4, -0.2) is 27.7 Å². The van der Waals surface area contributed by atoms with Crippen molar-refractivity contribution in [3.05, 3.63) is 17.3 Å². The normalized spacial score (nSPS) is 13.0. The molecule has 0 aromatic carbocycles. The van der Waals surface area contributed by atoms with E-state index in [1.807, 2.05) is 6.92 Å². The molecule has 0 bridgehead atoms. The maximum absolute atomic E-state index is 9.19. The first-order valence-corrected chi connectivity index (χ1v) is 5.61. The summed E-state index contributed by atoms with van der Waals surface area (Å²) in [4.78, 5) is 10.6. The van der Waals surface area contributed by atoms with E-state index in [1.165, 1.54) is 4.88 Å². The van der Waals surface area contributed by atoms with Crippen molar-refractivity contribution in [1.29, 1.82) is 0 Å². The maximum Gasteiger partial charge on any atom is 0.138 e. The molecule has 80 valence electrons. The highest BCUT2D eigenvalue weighted by Crippen LogP contribution is 2.27. The van der Waals surface area contributed by atoms with Gasteiger partial charge in [-0.25, -0.2) is 9.97 Å². The van der Waals surface area contributed by atoms with Gasteiger partial charge in [-0.05, 0) is 19.9 Å². The molecule has 0 radical (unpaired) electrons. The van der Waals surface area contributed by atoms with Gasteiger partial charge < -0.3 is 10.4 Å². The van der Waals surface area contributed by atoms with Gasteiger partial charge in [-0.2, -0.15) is 0 Å². The smallest absolute Gasteiger partial charge is 0.138 e.